The van der Waals surface area contributed by atoms with Crippen LogP contribution in [0.15, 0.2) is 69.3 Å². The molecule has 0 atom stereocenters. The van der Waals surface area contributed by atoms with Crippen LogP contribution >= 0.6 is 0 Å². The zero-order valence-electron chi connectivity index (χ0n) is 13.7. The Morgan fingerprint density at radius 2 is 1.71 bits per heavy atom. The number of hydrogen-bond acceptors (Lipinski definition) is 3. The first-order chi connectivity index (χ1) is 11.5. The van der Waals surface area contributed by atoms with Crippen LogP contribution in [0.4, 0.5) is 0 Å². The third-order valence-corrected chi connectivity index (χ3v) is 5.97. The van der Waals surface area contributed by atoms with E-state index in [1.807, 2.05) is 30.5 Å². The molecule has 1 aromatic heterocycles. The van der Waals surface area contributed by atoms with Crippen LogP contribution in [0.5, 0.6) is 0 Å². The van der Waals surface area contributed by atoms with Gasteiger partial charge in [0, 0.05) is 18.1 Å². The van der Waals surface area contributed by atoms with Gasteiger partial charge in [-0.15, -0.1) is 0 Å². The highest BCUT2D eigenvalue weighted by Gasteiger charge is 2.23. The van der Waals surface area contributed by atoms with Crippen molar-refractivity contribution in [1.29, 1.82) is 0 Å². The third kappa shape index (κ3) is 2.65. The largest absolute Gasteiger partial charge is 0.346 e. The average molecular weight is 341 g/mol. The quantitative estimate of drug-likeness (QED) is 0.731. The van der Waals surface area contributed by atoms with Crippen LogP contribution in [-0.2, 0) is 22.8 Å². The van der Waals surface area contributed by atoms with E-state index in [1.54, 1.807) is 24.3 Å². The van der Waals surface area contributed by atoms with Crippen LogP contribution in [-0.4, -0.2) is 13.0 Å². The van der Waals surface area contributed by atoms with Crippen molar-refractivity contribution >= 4 is 20.7 Å². The molecule has 0 saturated heterocycles. The second-order valence-electron chi connectivity index (χ2n) is 5.63. The van der Waals surface area contributed by atoms with E-state index >= 15 is 0 Å². The van der Waals surface area contributed by atoms with Gasteiger partial charge in [-0.05, 0) is 43.2 Å². The molecule has 0 spiro atoms. The summed E-state index contributed by atoms with van der Waals surface area (Å²) in [5, 5.41) is 0.452. The number of pyridine rings is 1. The Labute approximate surface area is 141 Å². The van der Waals surface area contributed by atoms with Crippen LogP contribution in [0, 0.1) is 0 Å². The molecule has 2 aromatic carbocycles. The highest BCUT2D eigenvalue weighted by molar-refractivity contribution is 7.91. The van der Waals surface area contributed by atoms with Gasteiger partial charge in [0.05, 0.1) is 10.4 Å². The predicted octanol–water partition coefficient (Wildman–Crippen LogP) is 3.42. The van der Waals surface area contributed by atoms with Gasteiger partial charge in [0.15, 0.2) is 0 Å². The number of aromatic nitrogens is 1. The standard InChI is InChI=1S/C19H19NO3S/c1-3-14-10-11-17-16(12-14)19(21)18(13-20(17)4-2)24(22,23)15-8-6-5-7-9-15/h5-13H,3-4H2,1-2H3. The number of hydrogen-bond donors (Lipinski definition) is 0. The van der Waals surface area contributed by atoms with Crippen molar-refractivity contribution in [1.82, 2.24) is 4.57 Å². The molecular weight excluding hydrogens is 322 g/mol. The van der Waals surface area contributed by atoms with Crippen LogP contribution < -0.4 is 5.43 Å². The Morgan fingerprint density at radius 1 is 1.00 bits per heavy atom. The fraction of sp³-hybridized carbons (Fsp3) is 0.211. The maximum atomic E-state index is 12.9. The van der Waals surface area contributed by atoms with E-state index in [-0.39, 0.29) is 9.79 Å². The zero-order valence-corrected chi connectivity index (χ0v) is 14.5. The summed E-state index contributed by atoms with van der Waals surface area (Å²) >= 11 is 0. The van der Waals surface area contributed by atoms with Crippen molar-refractivity contribution in [2.24, 2.45) is 0 Å². The Morgan fingerprint density at radius 3 is 2.33 bits per heavy atom. The Kier molecular flexibility index (Phi) is 4.28. The summed E-state index contributed by atoms with van der Waals surface area (Å²) in [4.78, 5) is 12.9. The molecule has 3 rings (SSSR count). The topological polar surface area (TPSA) is 56.1 Å². The van der Waals surface area contributed by atoms with E-state index in [0.29, 0.717) is 11.9 Å². The molecule has 0 saturated carbocycles. The van der Waals surface area contributed by atoms with Gasteiger partial charge in [0.1, 0.15) is 4.90 Å². The van der Waals surface area contributed by atoms with Gasteiger partial charge in [-0.2, -0.15) is 0 Å². The minimum absolute atomic E-state index is 0.135. The minimum Gasteiger partial charge on any atom is -0.346 e. The highest BCUT2D eigenvalue weighted by atomic mass is 32.2. The van der Waals surface area contributed by atoms with Crippen molar-refractivity contribution in [3.05, 3.63) is 70.5 Å². The molecule has 0 radical (unpaired) electrons. The average Bonchev–Trinajstić information content (AvgIpc) is 2.62. The fourth-order valence-electron chi connectivity index (χ4n) is 2.82. The summed E-state index contributed by atoms with van der Waals surface area (Å²) in [7, 11) is -3.85. The number of sulfone groups is 1. The monoisotopic (exact) mass is 341 g/mol. The maximum Gasteiger partial charge on any atom is 0.211 e. The molecule has 0 bridgehead atoms. The lowest BCUT2D eigenvalue weighted by Gasteiger charge is -2.13. The summed E-state index contributed by atoms with van der Waals surface area (Å²) in [5.74, 6) is 0. The summed E-state index contributed by atoms with van der Waals surface area (Å²) in [6.45, 7) is 4.51. The minimum atomic E-state index is -3.85. The lowest BCUT2D eigenvalue weighted by molar-refractivity contribution is 0.593. The Balaban J connectivity index is 2.37. The first-order valence-corrected chi connectivity index (χ1v) is 9.43. The van der Waals surface area contributed by atoms with E-state index in [4.69, 9.17) is 0 Å². The number of nitrogens with zero attached hydrogens (tertiary/aromatic N) is 1. The van der Waals surface area contributed by atoms with Gasteiger partial charge in [-0.3, -0.25) is 4.79 Å². The molecule has 0 fully saturated rings. The van der Waals surface area contributed by atoms with E-state index in [2.05, 4.69) is 0 Å². The summed E-state index contributed by atoms with van der Waals surface area (Å²) in [6.07, 6.45) is 2.25. The van der Waals surface area contributed by atoms with Crippen molar-refractivity contribution < 1.29 is 8.42 Å². The normalized spacial score (nSPS) is 11.8. The van der Waals surface area contributed by atoms with E-state index < -0.39 is 15.3 Å². The summed E-state index contributed by atoms with van der Waals surface area (Å²) in [5.41, 5.74) is 1.33. The number of benzene rings is 2. The molecule has 0 aliphatic heterocycles. The summed E-state index contributed by atoms with van der Waals surface area (Å²) < 4.78 is 27.6. The molecule has 0 aliphatic carbocycles. The third-order valence-electron chi connectivity index (χ3n) is 4.20. The first-order valence-electron chi connectivity index (χ1n) is 7.95. The van der Waals surface area contributed by atoms with Crippen molar-refractivity contribution in [2.45, 2.75) is 36.6 Å². The molecule has 0 amide bonds. The molecule has 3 aromatic rings. The van der Waals surface area contributed by atoms with Gasteiger partial charge in [-0.1, -0.05) is 31.2 Å². The van der Waals surface area contributed by atoms with Gasteiger partial charge in [-0.25, -0.2) is 8.42 Å². The van der Waals surface area contributed by atoms with E-state index in [0.717, 1.165) is 17.5 Å². The first kappa shape index (κ1) is 16.5. The molecule has 5 heteroatoms. The molecule has 0 unspecified atom stereocenters. The van der Waals surface area contributed by atoms with Crippen molar-refractivity contribution in [2.75, 3.05) is 0 Å². The smallest absolute Gasteiger partial charge is 0.211 e. The molecule has 0 N–H and O–H groups in total. The molecule has 4 nitrogen and oxygen atoms in total. The van der Waals surface area contributed by atoms with Crippen LogP contribution in [0.2, 0.25) is 0 Å². The van der Waals surface area contributed by atoms with Crippen LogP contribution in [0.3, 0.4) is 0 Å². The van der Waals surface area contributed by atoms with Gasteiger partial charge < -0.3 is 4.57 Å². The lowest BCUT2D eigenvalue weighted by atomic mass is 10.1. The molecule has 124 valence electrons. The van der Waals surface area contributed by atoms with Crippen molar-refractivity contribution in [3.8, 4) is 0 Å². The zero-order chi connectivity index (χ0) is 17.3. The molecule has 1 heterocycles. The lowest BCUT2D eigenvalue weighted by Crippen LogP contribution is -2.19. The van der Waals surface area contributed by atoms with E-state index in [1.165, 1.54) is 18.3 Å². The van der Waals surface area contributed by atoms with Crippen LogP contribution in [0.25, 0.3) is 10.9 Å². The van der Waals surface area contributed by atoms with Gasteiger partial charge >= 0.3 is 0 Å². The Bertz CT molecular complexity index is 1050. The van der Waals surface area contributed by atoms with Crippen LogP contribution in [0.1, 0.15) is 19.4 Å². The second kappa shape index (κ2) is 6.24. The van der Waals surface area contributed by atoms with Gasteiger partial charge in [0.2, 0.25) is 15.3 Å². The predicted molar refractivity (Wildman–Crippen MR) is 95.2 cm³/mol. The van der Waals surface area contributed by atoms with Gasteiger partial charge in [0.25, 0.3) is 0 Å². The number of fused-ring (bicyclic) bond motifs is 1. The summed E-state index contributed by atoms with van der Waals surface area (Å²) in [6, 6.07) is 13.7. The molecule has 24 heavy (non-hydrogen) atoms. The SMILES string of the molecule is CCc1ccc2c(c1)c(=O)c(S(=O)(=O)c1ccccc1)cn2CC. The highest BCUT2D eigenvalue weighted by Crippen LogP contribution is 2.22. The number of aryl methyl sites for hydroxylation is 2. The van der Waals surface area contributed by atoms with E-state index in [9.17, 15) is 13.2 Å². The number of rotatable bonds is 4. The maximum absolute atomic E-state index is 12.9. The van der Waals surface area contributed by atoms with Crippen molar-refractivity contribution in [3.63, 3.8) is 0 Å². The Hall–Kier alpha value is -2.40. The molecular formula is C19H19NO3S. The second-order valence-corrected chi connectivity index (χ2v) is 7.55. The molecule has 0 aliphatic rings. The fourth-order valence-corrected chi connectivity index (χ4v) is 4.21.